The number of rotatable bonds is 3. The highest BCUT2D eigenvalue weighted by Crippen LogP contribution is 2.52. The first-order chi connectivity index (χ1) is 16.3. The molecule has 0 aromatic heterocycles. The maximum Gasteiger partial charge on any atom is 0.183 e. The van der Waals surface area contributed by atoms with Gasteiger partial charge in [-0.1, -0.05) is 86.6 Å². The van der Waals surface area contributed by atoms with Gasteiger partial charge in [-0.2, -0.15) is 0 Å². The SMILES string of the molecule is [B]N1CCC(C)(C)C2Nc3c(N=C(c4ccccc4)c4ccccc4)cccc3C2CC1(C)C. The van der Waals surface area contributed by atoms with E-state index in [1.54, 1.807) is 0 Å². The van der Waals surface area contributed by atoms with Crippen molar-refractivity contribution in [3.05, 3.63) is 95.6 Å². The van der Waals surface area contributed by atoms with E-state index in [0.717, 1.165) is 41.9 Å². The van der Waals surface area contributed by atoms with Crippen LogP contribution in [0, 0.1) is 5.41 Å². The molecule has 0 bridgehead atoms. The van der Waals surface area contributed by atoms with Crippen molar-refractivity contribution in [2.24, 2.45) is 10.4 Å². The normalized spacial score (nSPS) is 23.1. The summed E-state index contributed by atoms with van der Waals surface area (Å²) < 4.78 is 0. The third-order valence-corrected chi connectivity index (χ3v) is 7.84. The van der Waals surface area contributed by atoms with Gasteiger partial charge in [0.1, 0.15) is 0 Å². The molecule has 0 spiro atoms. The highest BCUT2D eigenvalue weighted by molar-refractivity contribution is 6.14. The molecule has 3 aromatic rings. The van der Waals surface area contributed by atoms with Crippen molar-refractivity contribution in [3.8, 4) is 0 Å². The number of aliphatic imine (C=N–C) groups is 1. The lowest BCUT2D eigenvalue weighted by molar-refractivity contribution is 0.122. The molecule has 0 amide bonds. The van der Waals surface area contributed by atoms with Crippen molar-refractivity contribution in [1.29, 1.82) is 0 Å². The largest absolute Gasteiger partial charge is 0.379 e. The zero-order valence-corrected chi connectivity index (χ0v) is 20.8. The molecule has 2 aliphatic rings. The van der Waals surface area contributed by atoms with Crippen LogP contribution >= 0.6 is 0 Å². The smallest absolute Gasteiger partial charge is 0.183 e. The van der Waals surface area contributed by atoms with Crippen molar-refractivity contribution in [2.75, 3.05) is 11.9 Å². The summed E-state index contributed by atoms with van der Waals surface area (Å²) in [6, 6.07) is 27.9. The quantitative estimate of drug-likeness (QED) is 0.357. The molecule has 4 heteroatoms. The zero-order chi connectivity index (χ0) is 23.9. The van der Waals surface area contributed by atoms with Crippen LogP contribution in [0.3, 0.4) is 0 Å². The zero-order valence-electron chi connectivity index (χ0n) is 20.8. The average molecular weight is 447 g/mol. The Hall–Kier alpha value is -2.85. The Bertz CT molecular complexity index is 1140. The van der Waals surface area contributed by atoms with E-state index in [0.29, 0.717) is 12.0 Å². The summed E-state index contributed by atoms with van der Waals surface area (Å²) >= 11 is 0. The summed E-state index contributed by atoms with van der Waals surface area (Å²) in [6.07, 6.45) is 2.06. The van der Waals surface area contributed by atoms with Crippen LogP contribution in [-0.4, -0.2) is 36.6 Å². The maximum absolute atomic E-state index is 6.52. The predicted molar refractivity (Wildman–Crippen MR) is 144 cm³/mol. The molecular weight excluding hydrogens is 413 g/mol. The first-order valence-corrected chi connectivity index (χ1v) is 12.4. The van der Waals surface area contributed by atoms with Crippen molar-refractivity contribution < 1.29 is 0 Å². The molecule has 2 radical (unpaired) electrons. The Morgan fingerprint density at radius 1 is 0.882 bits per heavy atom. The van der Waals surface area contributed by atoms with Gasteiger partial charge < -0.3 is 10.1 Å². The van der Waals surface area contributed by atoms with Gasteiger partial charge in [-0.05, 0) is 50.3 Å². The van der Waals surface area contributed by atoms with Crippen molar-refractivity contribution >= 4 is 25.1 Å². The number of benzene rings is 3. The van der Waals surface area contributed by atoms with Gasteiger partial charge in [0.05, 0.1) is 17.1 Å². The number of para-hydroxylation sites is 1. The summed E-state index contributed by atoms with van der Waals surface area (Å²) in [4.78, 5) is 7.34. The molecule has 2 atom stereocenters. The summed E-state index contributed by atoms with van der Waals surface area (Å²) in [5.74, 6) is 0.387. The molecule has 1 saturated heterocycles. The van der Waals surface area contributed by atoms with Crippen LogP contribution in [0.4, 0.5) is 11.4 Å². The van der Waals surface area contributed by atoms with Crippen LogP contribution in [-0.2, 0) is 0 Å². The second-order valence-electron chi connectivity index (χ2n) is 11.1. The number of anilines is 1. The first-order valence-electron chi connectivity index (χ1n) is 12.4. The number of nitrogens with one attached hydrogen (secondary N) is 1. The van der Waals surface area contributed by atoms with Crippen molar-refractivity contribution in [1.82, 2.24) is 4.81 Å². The molecule has 0 aliphatic carbocycles. The van der Waals surface area contributed by atoms with E-state index < -0.39 is 0 Å². The fourth-order valence-electron chi connectivity index (χ4n) is 5.65. The van der Waals surface area contributed by atoms with E-state index in [-0.39, 0.29) is 11.0 Å². The summed E-state index contributed by atoms with van der Waals surface area (Å²) in [5, 5.41) is 3.96. The van der Waals surface area contributed by atoms with Crippen LogP contribution < -0.4 is 5.32 Å². The van der Waals surface area contributed by atoms with E-state index in [9.17, 15) is 0 Å². The molecule has 2 aliphatic heterocycles. The highest BCUT2D eigenvalue weighted by Gasteiger charge is 2.46. The molecule has 1 N–H and O–H groups in total. The Kier molecular flexibility index (Phi) is 5.89. The number of hydrogen-bond donors (Lipinski definition) is 1. The molecule has 5 rings (SSSR count). The molecular formula is C30H34BN3. The fraction of sp³-hybridized carbons (Fsp3) is 0.367. The monoisotopic (exact) mass is 447 g/mol. The molecule has 34 heavy (non-hydrogen) atoms. The Labute approximate surface area is 205 Å². The number of nitrogens with zero attached hydrogens (tertiary/aromatic N) is 2. The standard InChI is InChI=1S/C30H34BN3/c1-29(2)18-19-34(31)30(3,4)20-24-23-16-11-17-25(27(23)33-28(24)29)32-26(21-12-7-5-8-13-21)22-14-9-6-10-15-22/h5-17,24,28,33H,18-20H2,1-4H3. The van der Waals surface area contributed by atoms with Gasteiger partial charge in [0.25, 0.3) is 0 Å². The van der Waals surface area contributed by atoms with E-state index in [2.05, 4.69) is 112 Å². The average Bonchev–Trinajstić information content (AvgIpc) is 3.21. The first kappa shape index (κ1) is 22.9. The molecule has 2 unspecified atom stereocenters. The van der Waals surface area contributed by atoms with Crippen LogP contribution in [0.1, 0.15) is 63.1 Å². The highest BCUT2D eigenvalue weighted by atomic mass is 15.1. The Balaban J connectivity index is 1.63. The number of hydrogen-bond acceptors (Lipinski definition) is 3. The second-order valence-corrected chi connectivity index (χ2v) is 11.1. The van der Waals surface area contributed by atoms with Crippen molar-refractivity contribution in [3.63, 3.8) is 0 Å². The van der Waals surface area contributed by atoms with Gasteiger partial charge in [-0.25, -0.2) is 4.99 Å². The van der Waals surface area contributed by atoms with E-state index in [1.807, 2.05) is 4.81 Å². The van der Waals surface area contributed by atoms with Crippen LogP contribution in [0.25, 0.3) is 0 Å². The van der Waals surface area contributed by atoms with Crippen LogP contribution in [0.5, 0.6) is 0 Å². The minimum atomic E-state index is -0.0682. The van der Waals surface area contributed by atoms with Crippen molar-refractivity contribution in [2.45, 2.75) is 58.0 Å². The fourth-order valence-corrected chi connectivity index (χ4v) is 5.65. The lowest BCUT2D eigenvalue weighted by Gasteiger charge is -2.47. The van der Waals surface area contributed by atoms with Gasteiger partial charge in [-0.15, -0.1) is 0 Å². The maximum atomic E-state index is 6.52. The molecule has 3 nitrogen and oxygen atoms in total. The van der Waals surface area contributed by atoms with Crippen LogP contribution in [0.15, 0.2) is 83.9 Å². The third kappa shape index (κ3) is 4.20. The Morgan fingerprint density at radius 2 is 1.50 bits per heavy atom. The van der Waals surface area contributed by atoms with Gasteiger partial charge in [-0.3, -0.25) is 0 Å². The van der Waals surface area contributed by atoms with E-state index in [1.165, 1.54) is 11.3 Å². The Morgan fingerprint density at radius 3 is 2.12 bits per heavy atom. The third-order valence-electron chi connectivity index (χ3n) is 7.84. The van der Waals surface area contributed by atoms with E-state index >= 15 is 0 Å². The lowest BCUT2D eigenvalue weighted by atomic mass is 9.68. The second kappa shape index (κ2) is 8.74. The van der Waals surface area contributed by atoms with Crippen LogP contribution in [0.2, 0.25) is 0 Å². The molecule has 172 valence electrons. The summed E-state index contributed by atoms with van der Waals surface area (Å²) in [5.41, 5.74) is 6.82. The van der Waals surface area contributed by atoms with Gasteiger partial charge in [0, 0.05) is 28.6 Å². The molecule has 3 aromatic carbocycles. The predicted octanol–water partition coefficient (Wildman–Crippen LogP) is 6.72. The summed E-state index contributed by atoms with van der Waals surface area (Å²) in [7, 11) is 6.52. The number of fused-ring (bicyclic) bond motifs is 3. The summed E-state index contributed by atoms with van der Waals surface area (Å²) in [6.45, 7) is 10.2. The molecule has 0 saturated carbocycles. The topological polar surface area (TPSA) is 27.6 Å². The minimum Gasteiger partial charge on any atom is -0.379 e. The molecule has 1 fully saturated rings. The van der Waals surface area contributed by atoms with Gasteiger partial charge in [0.15, 0.2) is 7.98 Å². The van der Waals surface area contributed by atoms with Gasteiger partial charge >= 0.3 is 0 Å². The van der Waals surface area contributed by atoms with Gasteiger partial charge in [0.2, 0.25) is 0 Å². The minimum absolute atomic E-state index is 0.0682. The molecule has 2 heterocycles. The lowest BCUT2D eigenvalue weighted by Crippen LogP contribution is -2.51. The van der Waals surface area contributed by atoms with E-state index in [4.69, 9.17) is 13.0 Å².